The second kappa shape index (κ2) is 3.33. The molecule has 0 spiro atoms. The van der Waals surface area contributed by atoms with E-state index < -0.39 is 0 Å². The minimum absolute atomic E-state index is 0.0126. The summed E-state index contributed by atoms with van der Waals surface area (Å²) in [6.45, 7) is 4.70. The number of carbonyl (C=O) groups is 1. The Bertz CT molecular complexity index is 374. The number of β-lactam (4-membered cyclic amide) rings is 1. The summed E-state index contributed by atoms with van der Waals surface area (Å²) in [4.78, 5) is 18.6. The lowest BCUT2D eigenvalue weighted by Gasteiger charge is -2.33. The molecule has 4 nitrogen and oxygen atoms in total. The first kappa shape index (κ1) is 9.61. The molecule has 0 radical (unpaired) electrons. The van der Waals surface area contributed by atoms with Crippen LogP contribution >= 0.6 is 11.3 Å². The number of anilines is 1. The molecule has 76 valence electrons. The number of thiazole rings is 1. The van der Waals surface area contributed by atoms with E-state index in [0.717, 1.165) is 17.2 Å². The maximum atomic E-state index is 11.3. The predicted molar refractivity (Wildman–Crippen MR) is 56.6 cm³/mol. The van der Waals surface area contributed by atoms with E-state index in [1.807, 2.05) is 6.92 Å². The first-order valence-corrected chi connectivity index (χ1v) is 5.48. The highest BCUT2D eigenvalue weighted by Crippen LogP contribution is 2.29. The standard InChI is InChI=1S/C9H13N3OS/c1-3-7-5(2)14-9(11-7)12-4-6(10)8(12)13/h6H,3-4,10H2,1-2H3. The van der Waals surface area contributed by atoms with Gasteiger partial charge >= 0.3 is 0 Å². The van der Waals surface area contributed by atoms with E-state index in [-0.39, 0.29) is 11.9 Å². The summed E-state index contributed by atoms with van der Waals surface area (Å²) in [7, 11) is 0. The van der Waals surface area contributed by atoms with Crippen LogP contribution in [0.3, 0.4) is 0 Å². The fourth-order valence-corrected chi connectivity index (χ4v) is 2.49. The van der Waals surface area contributed by atoms with Gasteiger partial charge in [-0.2, -0.15) is 0 Å². The molecule has 2 N–H and O–H groups in total. The number of nitrogens with two attached hydrogens (primary N) is 1. The van der Waals surface area contributed by atoms with Crippen molar-refractivity contribution in [3.63, 3.8) is 0 Å². The number of carbonyl (C=O) groups excluding carboxylic acids is 1. The van der Waals surface area contributed by atoms with Crippen molar-refractivity contribution in [2.75, 3.05) is 11.4 Å². The molecule has 1 aliphatic rings. The number of hydrogen-bond donors (Lipinski definition) is 1. The summed E-state index contributed by atoms with van der Waals surface area (Å²) in [5.74, 6) is -0.0126. The van der Waals surface area contributed by atoms with Gasteiger partial charge in [-0.15, -0.1) is 11.3 Å². The molecular formula is C9H13N3OS. The fraction of sp³-hybridized carbons (Fsp3) is 0.556. The summed E-state index contributed by atoms with van der Waals surface area (Å²) >= 11 is 1.57. The highest BCUT2D eigenvalue weighted by Gasteiger charge is 2.36. The number of aryl methyl sites for hydroxylation is 2. The van der Waals surface area contributed by atoms with E-state index in [9.17, 15) is 4.79 Å². The number of hydrogen-bond acceptors (Lipinski definition) is 4. The summed E-state index contributed by atoms with van der Waals surface area (Å²) in [5, 5.41) is 0.797. The van der Waals surface area contributed by atoms with Crippen molar-refractivity contribution in [3.8, 4) is 0 Å². The topological polar surface area (TPSA) is 59.2 Å². The third-order valence-electron chi connectivity index (χ3n) is 2.41. The number of aromatic nitrogens is 1. The van der Waals surface area contributed by atoms with E-state index in [1.54, 1.807) is 16.2 Å². The molecule has 1 amide bonds. The maximum Gasteiger partial charge on any atom is 0.247 e. The Labute approximate surface area is 86.7 Å². The lowest BCUT2D eigenvalue weighted by molar-refractivity contribution is -0.123. The molecule has 0 aliphatic carbocycles. The monoisotopic (exact) mass is 211 g/mol. The summed E-state index contributed by atoms with van der Waals surface area (Å²) in [6, 6.07) is -0.315. The average molecular weight is 211 g/mol. The third kappa shape index (κ3) is 1.33. The van der Waals surface area contributed by atoms with E-state index in [1.165, 1.54) is 4.88 Å². The lowest BCUT2D eigenvalue weighted by Crippen LogP contribution is -2.61. The van der Waals surface area contributed by atoms with Gasteiger partial charge in [0.05, 0.1) is 12.2 Å². The molecule has 14 heavy (non-hydrogen) atoms. The van der Waals surface area contributed by atoms with Gasteiger partial charge in [-0.1, -0.05) is 6.92 Å². The fourth-order valence-electron chi connectivity index (χ4n) is 1.48. The number of nitrogens with zero attached hydrogens (tertiary/aromatic N) is 2. The second-order valence-electron chi connectivity index (χ2n) is 3.41. The van der Waals surface area contributed by atoms with Crippen molar-refractivity contribution < 1.29 is 4.79 Å². The molecule has 1 unspecified atom stereocenters. The minimum atomic E-state index is -0.315. The average Bonchev–Trinajstić information content (AvgIpc) is 2.54. The van der Waals surface area contributed by atoms with Crippen LogP contribution in [0.25, 0.3) is 0 Å². The van der Waals surface area contributed by atoms with Gasteiger partial charge in [0.15, 0.2) is 5.13 Å². The van der Waals surface area contributed by atoms with Crippen molar-refractivity contribution >= 4 is 22.4 Å². The molecule has 1 aliphatic heterocycles. The van der Waals surface area contributed by atoms with E-state index >= 15 is 0 Å². The van der Waals surface area contributed by atoms with Crippen molar-refractivity contribution in [2.45, 2.75) is 26.3 Å². The summed E-state index contributed by atoms with van der Waals surface area (Å²) in [6.07, 6.45) is 0.913. The zero-order valence-corrected chi connectivity index (χ0v) is 9.10. The minimum Gasteiger partial charge on any atom is -0.318 e. The van der Waals surface area contributed by atoms with Crippen LogP contribution in [-0.4, -0.2) is 23.5 Å². The first-order valence-electron chi connectivity index (χ1n) is 4.66. The molecule has 5 heteroatoms. The molecule has 0 aromatic carbocycles. The Hall–Kier alpha value is -0.940. The quantitative estimate of drug-likeness (QED) is 0.732. The van der Waals surface area contributed by atoms with Crippen LogP contribution in [0.15, 0.2) is 0 Å². The first-order chi connectivity index (χ1) is 6.63. The van der Waals surface area contributed by atoms with Crippen LogP contribution in [-0.2, 0) is 11.2 Å². The van der Waals surface area contributed by atoms with Crippen molar-refractivity contribution in [3.05, 3.63) is 10.6 Å². The van der Waals surface area contributed by atoms with Crippen LogP contribution in [0.4, 0.5) is 5.13 Å². The van der Waals surface area contributed by atoms with E-state index in [4.69, 9.17) is 5.73 Å². The molecule has 1 aromatic heterocycles. The molecule has 2 heterocycles. The molecule has 1 aromatic rings. The van der Waals surface area contributed by atoms with E-state index in [0.29, 0.717) is 6.54 Å². The SMILES string of the molecule is CCc1nc(N2CC(N)C2=O)sc1C. The highest BCUT2D eigenvalue weighted by atomic mass is 32.1. The van der Waals surface area contributed by atoms with Crippen molar-refractivity contribution in [1.82, 2.24) is 4.98 Å². The largest absolute Gasteiger partial charge is 0.318 e. The van der Waals surface area contributed by atoms with Gasteiger partial charge in [0.1, 0.15) is 6.04 Å². The molecule has 1 atom stereocenters. The maximum absolute atomic E-state index is 11.3. The van der Waals surface area contributed by atoms with Gasteiger partial charge in [-0.25, -0.2) is 4.98 Å². The Morgan fingerprint density at radius 1 is 1.71 bits per heavy atom. The summed E-state index contributed by atoms with van der Waals surface area (Å²) < 4.78 is 0. The van der Waals surface area contributed by atoms with Gasteiger partial charge in [0.25, 0.3) is 0 Å². The molecule has 0 bridgehead atoms. The second-order valence-corrected chi connectivity index (χ2v) is 4.59. The zero-order chi connectivity index (χ0) is 10.3. The summed E-state index contributed by atoms with van der Waals surface area (Å²) in [5.41, 5.74) is 6.59. The number of rotatable bonds is 2. The molecule has 0 saturated carbocycles. The Morgan fingerprint density at radius 3 is 2.86 bits per heavy atom. The van der Waals surface area contributed by atoms with Gasteiger partial charge < -0.3 is 5.73 Å². The van der Waals surface area contributed by atoms with Gasteiger partial charge in [-0.3, -0.25) is 9.69 Å². The lowest BCUT2D eigenvalue weighted by atomic mass is 10.1. The molecule has 1 saturated heterocycles. The van der Waals surface area contributed by atoms with Crippen LogP contribution < -0.4 is 10.6 Å². The molecular weight excluding hydrogens is 198 g/mol. The molecule has 1 fully saturated rings. The Morgan fingerprint density at radius 2 is 2.43 bits per heavy atom. The predicted octanol–water partition coefficient (Wildman–Crippen LogP) is 0.688. The Balaban J connectivity index is 2.22. The van der Waals surface area contributed by atoms with E-state index in [2.05, 4.69) is 11.9 Å². The van der Waals surface area contributed by atoms with Crippen LogP contribution in [0.5, 0.6) is 0 Å². The third-order valence-corrected chi connectivity index (χ3v) is 3.45. The normalized spacial score (nSPS) is 21.2. The van der Waals surface area contributed by atoms with Gasteiger partial charge in [-0.05, 0) is 13.3 Å². The highest BCUT2D eigenvalue weighted by molar-refractivity contribution is 7.15. The van der Waals surface area contributed by atoms with Crippen molar-refractivity contribution in [2.24, 2.45) is 5.73 Å². The number of amides is 1. The van der Waals surface area contributed by atoms with Crippen LogP contribution in [0.2, 0.25) is 0 Å². The zero-order valence-electron chi connectivity index (χ0n) is 8.28. The van der Waals surface area contributed by atoms with Crippen LogP contribution in [0, 0.1) is 6.92 Å². The Kier molecular flexibility index (Phi) is 2.28. The van der Waals surface area contributed by atoms with Crippen molar-refractivity contribution in [1.29, 1.82) is 0 Å². The van der Waals surface area contributed by atoms with Gasteiger partial charge in [0, 0.05) is 4.88 Å². The molecule has 2 rings (SSSR count). The van der Waals surface area contributed by atoms with Crippen LogP contribution in [0.1, 0.15) is 17.5 Å². The smallest absolute Gasteiger partial charge is 0.247 e. The van der Waals surface area contributed by atoms with Gasteiger partial charge in [0.2, 0.25) is 5.91 Å².